The van der Waals surface area contributed by atoms with Crippen molar-refractivity contribution in [1.82, 2.24) is 4.98 Å². The Bertz CT molecular complexity index is 2140. The highest BCUT2D eigenvalue weighted by Crippen LogP contribution is 2.44. The van der Waals surface area contributed by atoms with Gasteiger partial charge in [-0.25, -0.2) is 0 Å². The van der Waals surface area contributed by atoms with Crippen LogP contribution in [0.5, 0.6) is 0 Å². The number of pyridine rings is 1. The first-order chi connectivity index (χ1) is 21.8. The van der Waals surface area contributed by atoms with Crippen molar-refractivity contribution in [3.05, 3.63) is 134 Å². The van der Waals surface area contributed by atoms with E-state index in [4.69, 9.17) is 14.3 Å². The minimum atomic E-state index is -0.440. The van der Waals surface area contributed by atoms with Gasteiger partial charge >= 0.3 is 7.12 Å². The number of fused-ring (bicyclic) bond motifs is 3. The van der Waals surface area contributed by atoms with Crippen LogP contribution in [0.15, 0.2) is 134 Å². The van der Waals surface area contributed by atoms with E-state index in [9.17, 15) is 0 Å². The van der Waals surface area contributed by atoms with Gasteiger partial charge in [0.2, 0.25) is 0 Å². The molecule has 4 heteroatoms. The summed E-state index contributed by atoms with van der Waals surface area (Å²) in [5.41, 5.74) is 7.10. The van der Waals surface area contributed by atoms with Crippen molar-refractivity contribution in [2.45, 2.75) is 38.9 Å². The van der Waals surface area contributed by atoms with Crippen LogP contribution in [0.4, 0.5) is 0 Å². The van der Waals surface area contributed by atoms with Gasteiger partial charge in [0.15, 0.2) is 0 Å². The molecule has 0 spiro atoms. The predicted molar refractivity (Wildman–Crippen MR) is 189 cm³/mol. The van der Waals surface area contributed by atoms with Crippen LogP contribution < -0.4 is 5.46 Å². The molecule has 7 aromatic rings. The molecule has 218 valence electrons. The highest BCUT2D eigenvalue weighted by atomic mass is 16.7. The van der Waals surface area contributed by atoms with E-state index in [1.54, 1.807) is 0 Å². The van der Waals surface area contributed by atoms with Crippen molar-refractivity contribution in [2.75, 3.05) is 0 Å². The molecular formula is C41H34BNO2. The second kappa shape index (κ2) is 10.4. The van der Waals surface area contributed by atoms with Crippen LogP contribution in [-0.4, -0.2) is 23.3 Å². The van der Waals surface area contributed by atoms with Crippen LogP contribution in [0.3, 0.4) is 0 Å². The second-order valence-corrected chi connectivity index (χ2v) is 13.0. The summed E-state index contributed by atoms with van der Waals surface area (Å²) >= 11 is 0. The van der Waals surface area contributed by atoms with Gasteiger partial charge in [-0.05, 0) is 88.3 Å². The summed E-state index contributed by atoms with van der Waals surface area (Å²) in [5.74, 6) is 0. The zero-order chi connectivity index (χ0) is 30.8. The van der Waals surface area contributed by atoms with Crippen LogP contribution >= 0.6 is 0 Å². The minimum Gasteiger partial charge on any atom is -0.399 e. The molecule has 0 aliphatic carbocycles. The molecule has 1 fully saturated rings. The Kier molecular flexibility index (Phi) is 6.42. The smallest absolute Gasteiger partial charge is 0.399 e. The molecule has 1 aliphatic rings. The number of aromatic nitrogens is 1. The highest BCUT2D eigenvalue weighted by Gasteiger charge is 2.51. The lowest BCUT2D eigenvalue weighted by atomic mass is 9.80. The summed E-state index contributed by atoms with van der Waals surface area (Å²) in [4.78, 5) is 5.00. The summed E-state index contributed by atoms with van der Waals surface area (Å²) in [7, 11) is -0.440. The molecule has 0 bridgehead atoms. The predicted octanol–water partition coefficient (Wildman–Crippen LogP) is 9.84. The lowest BCUT2D eigenvalue weighted by Gasteiger charge is -2.32. The number of benzene rings is 6. The molecular weight excluding hydrogens is 549 g/mol. The first kappa shape index (κ1) is 27.8. The standard InChI is InChI=1S/C41H34BNO2/c1-40(2)41(3,4)45-42(44-40)30-24-25-37(43-26-30)39-35-17-9-7-15-33(35)38(34-16-8-10-18-36(34)39)29-22-20-28(21-23-29)32-19-11-13-27-12-5-6-14-31(27)32/h5-26H,1-4H3. The molecule has 1 saturated heterocycles. The van der Waals surface area contributed by atoms with E-state index in [0.717, 1.165) is 16.7 Å². The Labute approximate surface area is 264 Å². The maximum atomic E-state index is 6.30. The van der Waals surface area contributed by atoms with Crippen LogP contribution in [0.1, 0.15) is 27.7 Å². The Morgan fingerprint density at radius 3 is 1.58 bits per heavy atom. The average Bonchev–Trinajstić information content (AvgIpc) is 3.29. The fraction of sp³-hybridized carbons (Fsp3) is 0.146. The monoisotopic (exact) mass is 583 g/mol. The van der Waals surface area contributed by atoms with E-state index < -0.39 is 18.3 Å². The van der Waals surface area contributed by atoms with Gasteiger partial charge in [-0.1, -0.05) is 121 Å². The zero-order valence-electron chi connectivity index (χ0n) is 26.0. The molecule has 0 saturated carbocycles. The molecule has 0 unspecified atom stereocenters. The van der Waals surface area contributed by atoms with Gasteiger partial charge in [0, 0.05) is 17.2 Å². The van der Waals surface area contributed by atoms with Gasteiger partial charge in [-0.2, -0.15) is 0 Å². The van der Waals surface area contributed by atoms with Crippen molar-refractivity contribution >= 4 is 44.9 Å². The maximum Gasteiger partial charge on any atom is 0.496 e. The van der Waals surface area contributed by atoms with E-state index in [0.29, 0.717) is 0 Å². The van der Waals surface area contributed by atoms with Crippen molar-refractivity contribution in [3.63, 3.8) is 0 Å². The highest BCUT2D eigenvalue weighted by molar-refractivity contribution is 6.62. The number of hydrogen-bond donors (Lipinski definition) is 0. The van der Waals surface area contributed by atoms with Crippen LogP contribution in [0.25, 0.3) is 65.8 Å². The lowest BCUT2D eigenvalue weighted by Crippen LogP contribution is -2.41. The Balaban J connectivity index is 1.25. The Hall–Kier alpha value is -4.77. The van der Waals surface area contributed by atoms with Gasteiger partial charge < -0.3 is 9.31 Å². The van der Waals surface area contributed by atoms with Gasteiger partial charge in [0.25, 0.3) is 0 Å². The molecule has 0 atom stereocenters. The molecule has 8 rings (SSSR count). The minimum absolute atomic E-state index is 0.397. The molecule has 0 amide bonds. The average molecular weight is 584 g/mol. The molecule has 1 aliphatic heterocycles. The quantitative estimate of drug-likeness (QED) is 0.153. The van der Waals surface area contributed by atoms with Crippen molar-refractivity contribution in [1.29, 1.82) is 0 Å². The van der Waals surface area contributed by atoms with Gasteiger partial charge in [-0.15, -0.1) is 0 Å². The maximum absolute atomic E-state index is 6.30. The summed E-state index contributed by atoms with van der Waals surface area (Å²) in [6, 6.07) is 45.7. The van der Waals surface area contributed by atoms with E-state index in [-0.39, 0.29) is 0 Å². The normalized spacial score (nSPS) is 15.7. The van der Waals surface area contributed by atoms with E-state index in [1.165, 1.54) is 54.6 Å². The van der Waals surface area contributed by atoms with Gasteiger partial charge in [0.05, 0.1) is 16.9 Å². The molecule has 2 heterocycles. The second-order valence-electron chi connectivity index (χ2n) is 13.0. The summed E-state index contributed by atoms with van der Waals surface area (Å²) in [5, 5.41) is 7.30. The van der Waals surface area contributed by atoms with Gasteiger partial charge in [0.1, 0.15) is 0 Å². The van der Waals surface area contributed by atoms with Crippen LogP contribution in [-0.2, 0) is 9.31 Å². The Morgan fingerprint density at radius 2 is 1.00 bits per heavy atom. The third kappa shape index (κ3) is 4.56. The van der Waals surface area contributed by atoms with Crippen LogP contribution in [0.2, 0.25) is 0 Å². The fourth-order valence-corrected chi connectivity index (χ4v) is 6.68. The third-order valence-electron chi connectivity index (χ3n) is 9.77. The largest absolute Gasteiger partial charge is 0.496 e. The molecule has 45 heavy (non-hydrogen) atoms. The van der Waals surface area contributed by atoms with Crippen molar-refractivity contribution in [2.24, 2.45) is 0 Å². The first-order valence-corrected chi connectivity index (χ1v) is 15.6. The van der Waals surface area contributed by atoms with E-state index in [2.05, 4.69) is 155 Å². The molecule has 3 nitrogen and oxygen atoms in total. The number of hydrogen-bond acceptors (Lipinski definition) is 3. The van der Waals surface area contributed by atoms with E-state index >= 15 is 0 Å². The van der Waals surface area contributed by atoms with E-state index in [1.807, 2.05) is 6.20 Å². The molecule has 0 radical (unpaired) electrons. The summed E-state index contributed by atoms with van der Waals surface area (Å²) in [6.07, 6.45) is 1.90. The zero-order valence-corrected chi connectivity index (χ0v) is 26.0. The Morgan fingerprint density at radius 1 is 0.489 bits per heavy atom. The number of rotatable bonds is 4. The third-order valence-corrected chi connectivity index (χ3v) is 9.77. The lowest BCUT2D eigenvalue weighted by molar-refractivity contribution is 0.00578. The summed E-state index contributed by atoms with van der Waals surface area (Å²) < 4.78 is 12.6. The van der Waals surface area contributed by atoms with Crippen molar-refractivity contribution < 1.29 is 9.31 Å². The fourth-order valence-electron chi connectivity index (χ4n) is 6.68. The van der Waals surface area contributed by atoms with Gasteiger partial charge in [-0.3, -0.25) is 4.98 Å². The summed E-state index contributed by atoms with van der Waals surface area (Å²) in [6.45, 7) is 8.30. The first-order valence-electron chi connectivity index (χ1n) is 15.6. The SMILES string of the molecule is CC1(C)OB(c2ccc(-c3c4ccccc4c(-c4ccc(-c5cccc6ccccc56)cc4)c4ccccc34)nc2)OC1(C)C. The molecule has 0 N–H and O–H groups in total. The van der Waals surface area contributed by atoms with Crippen LogP contribution in [0, 0.1) is 0 Å². The molecule has 6 aromatic carbocycles. The number of nitrogens with zero attached hydrogens (tertiary/aromatic N) is 1. The molecule has 1 aromatic heterocycles. The topological polar surface area (TPSA) is 31.4 Å². The van der Waals surface area contributed by atoms with Crippen molar-refractivity contribution in [3.8, 4) is 33.5 Å².